The highest BCUT2D eigenvalue weighted by Crippen LogP contribution is 2.23. The first-order valence-electron chi connectivity index (χ1n) is 4.77. The number of anilines is 1. The minimum Gasteiger partial charge on any atom is -0.435 e. The predicted molar refractivity (Wildman–Crippen MR) is 53.8 cm³/mol. The van der Waals surface area contributed by atoms with Gasteiger partial charge in [-0.3, -0.25) is 4.90 Å². The van der Waals surface area contributed by atoms with Crippen LogP contribution in [0.15, 0.2) is 24.3 Å². The fraction of sp³-hybridized carbons (Fsp3) is 0.300. The third kappa shape index (κ3) is 2.21. The van der Waals surface area contributed by atoms with E-state index in [9.17, 15) is 13.6 Å². The Balaban J connectivity index is 2.18. The first kappa shape index (κ1) is 10.7. The number of hydrogen-bond donors (Lipinski definition) is 1. The quantitative estimate of drug-likeness (QED) is 0.857. The molecular formula is C10H10F2N2O2. The van der Waals surface area contributed by atoms with Gasteiger partial charge in [0.25, 0.3) is 0 Å². The van der Waals surface area contributed by atoms with E-state index in [1.807, 2.05) is 0 Å². The van der Waals surface area contributed by atoms with Gasteiger partial charge in [-0.1, -0.05) is 6.07 Å². The van der Waals surface area contributed by atoms with Crippen LogP contribution in [0.5, 0.6) is 5.75 Å². The molecule has 0 aromatic heterocycles. The van der Waals surface area contributed by atoms with E-state index in [0.717, 1.165) is 0 Å². The van der Waals surface area contributed by atoms with Crippen LogP contribution in [0, 0.1) is 0 Å². The second-order valence-electron chi connectivity index (χ2n) is 3.26. The molecular weight excluding hydrogens is 218 g/mol. The second-order valence-corrected chi connectivity index (χ2v) is 3.26. The Morgan fingerprint density at radius 3 is 2.88 bits per heavy atom. The summed E-state index contributed by atoms with van der Waals surface area (Å²) >= 11 is 0. The summed E-state index contributed by atoms with van der Waals surface area (Å²) < 4.78 is 28.2. The van der Waals surface area contributed by atoms with Crippen LogP contribution in [-0.4, -0.2) is 25.7 Å². The summed E-state index contributed by atoms with van der Waals surface area (Å²) in [7, 11) is 0. The lowest BCUT2D eigenvalue weighted by Gasteiger charge is -2.15. The summed E-state index contributed by atoms with van der Waals surface area (Å²) in [6.07, 6.45) is 0. The van der Waals surface area contributed by atoms with E-state index in [0.29, 0.717) is 18.8 Å². The van der Waals surface area contributed by atoms with Crippen molar-refractivity contribution in [1.82, 2.24) is 5.32 Å². The molecule has 0 spiro atoms. The number of hydrogen-bond acceptors (Lipinski definition) is 2. The molecule has 0 aliphatic carbocycles. The topological polar surface area (TPSA) is 41.6 Å². The van der Waals surface area contributed by atoms with Crippen LogP contribution >= 0.6 is 0 Å². The summed E-state index contributed by atoms with van der Waals surface area (Å²) in [6.45, 7) is -1.78. The van der Waals surface area contributed by atoms with Gasteiger partial charge in [-0.05, 0) is 12.1 Å². The molecule has 1 aromatic carbocycles. The van der Waals surface area contributed by atoms with Crippen molar-refractivity contribution in [3.63, 3.8) is 0 Å². The molecule has 1 aliphatic rings. The predicted octanol–water partition coefficient (Wildman–Crippen LogP) is 1.82. The summed E-state index contributed by atoms with van der Waals surface area (Å²) in [5.41, 5.74) is 0.549. The molecule has 6 heteroatoms. The zero-order chi connectivity index (χ0) is 11.5. The maximum atomic E-state index is 12.0. The van der Waals surface area contributed by atoms with Crippen molar-refractivity contribution in [2.75, 3.05) is 18.0 Å². The molecule has 1 aliphatic heterocycles. The lowest BCUT2D eigenvalue weighted by molar-refractivity contribution is -0.0498. The minimum absolute atomic E-state index is 0.0483. The van der Waals surface area contributed by atoms with Crippen molar-refractivity contribution in [1.29, 1.82) is 0 Å². The lowest BCUT2D eigenvalue weighted by atomic mass is 10.3. The van der Waals surface area contributed by atoms with Crippen molar-refractivity contribution < 1.29 is 18.3 Å². The average molecular weight is 228 g/mol. The Kier molecular flexibility index (Phi) is 2.89. The monoisotopic (exact) mass is 228 g/mol. The Hall–Kier alpha value is -1.85. The van der Waals surface area contributed by atoms with Gasteiger partial charge >= 0.3 is 12.6 Å². The SMILES string of the molecule is O=C1NCCN1c1cccc(OC(F)F)c1. The molecule has 16 heavy (non-hydrogen) atoms. The van der Waals surface area contributed by atoms with Crippen molar-refractivity contribution in [2.45, 2.75) is 6.61 Å². The summed E-state index contributed by atoms with van der Waals surface area (Å²) in [5.74, 6) is 0.0483. The number of carbonyl (C=O) groups is 1. The number of rotatable bonds is 3. The van der Waals surface area contributed by atoms with Crippen molar-refractivity contribution >= 4 is 11.7 Å². The molecule has 0 atom stereocenters. The Morgan fingerprint density at radius 1 is 1.44 bits per heavy atom. The lowest BCUT2D eigenvalue weighted by Crippen LogP contribution is -2.27. The number of amides is 2. The number of urea groups is 1. The van der Waals surface area contributed by atoms with Crippen molar-refractivity contribution in [3.05, 3.63) is 24.3 Å². The van der Waals surface area contributed by atoms with Gasteiger partial charge in [0.15, 0.2) is 0 Å². The van der Waals surface area contributed by atoms with Gasteiger partial charge in [-0.25, -0.2) is 4.79 Å². The number of nitrogens with zero attached hydrogens (tertiary/aromatic N) is 1. The summed E-state index contributed by atoms with van der Waals surface area (Å²) in [4.78, 5) is 12.8. The maximum Gasteiger partial charge on any atom is 0.387 e. The van der Waals surface area contributed by atoms with Crippen LogP contribution in [0.25, 0.3) is 0 Å². The Bertz CT molecular complexity index is 398. The van der Waals surface area contributed by atoms with E-state index >= 15 is 0 Å². The second kappa shape index (κ2) is 4.34. The van der Waals surface area contributed by atoms with E-state index in [1.165, 1.54) is 17.0 Å². The van der Waals surface area contributed by atoms with Crippen LogP contribution in [0.1, 0.15) is 0 Å². The molecule has 0 radical (unpaired) electrons. The number of nitrogens with one attached hydrogen (secondary N) is 1. The smallest absolute Gasteiger partial charge is 0.387 e. The molecule has 0 saturated carbocycles. The van der Waals surface area contributed by atoms with Gasteiger partial charge in [0, 0.05) is 24.8 Å². The maximum absolute atomic E-state index is 12.0. The van der Waals surface area contributed by atoms with E-state index in [-0.39, 0.29) is 11.8 Å². The molecule has 86 valence electrons. The molecule has 1 aromatic rings. The molecule has 2 rings (SSSR count). The highest BCUT2D eigenvalue weighted by molar-refractivity contribution is 5.94. The van der Waals surface area contributed by atoms with E-state index in [4.69, 9.17) is 0 Å². The zero-order valence-electron chi connectivity index (χ0n) is 8.32. The average Bonchev–Trinajstić information content (AvgIpc) is 2.64. The highest BCUT2D eigenvalue weighted by atomic mass is 19.3. The molecule has 1 saturated heterocycles. The fourth-order valence-corrected chi connectivity index (χ4v) is 1.55. The highest BCUT2D eigenvalue weighted by Gasteiger charge is 2.21. The van der Waals surface area contributed by atoms with Crippen molar-refractivity contribution in [3.8, 4) is 5.75 Å². The number of ether oxygens (including phenoxy) is 1. The van der Waals surface area contributed by atoms with Gasteiger partial charge < -0.3 is 10.1 Å². The zero-order valence-corrected chi connectivity index (χ0v) is 8.32. The fourth-order valence-electron chi connectivity index (χ4n) is 1.55. The standard InChI is InChI=1S/C10H10F2N2O2/c11-9(12)16-8-3-1-2-7(6-8)14-5-4-13-10(14)15/h1-3,6,9H,4-5H2,(H,13,15). The minimum atomic E-state index is -2.86. The van der Waals surface area contributed by atoms with Gasteiger partial charge in [0.1, 0.15) is 5.75 Å². The first-order chi connectivity index (χ1) is 7.66. The van der Waals surface area contributed by atoms with Gasteiger partial charge in [-0.15, -0.1) is 0 Å². The molecule has 0 unspecified atom stereocenters. The molecule has 1 heterocycles. The normalized spacial score (nSPS) is 15.4. The Morgan fingerprint density at radius 2 is 2.25 bits per heavy atom. The van der Waals surface area contributed by atoms with Gasteiger partial charge in [-0.2, -0.15) is 8.78 Å². The van der Waals surface area contributed by atoms with E-state index in [2.05, 4.69) is 10.1 Å². The number of alkyl halides is 2. The van der Waals surface area contributed by atoms with Crippen LogP contribution in [0.4, 0.5) is 19.3 Å². The molecule has 1 fully saturated rings. The van der Waals surface area contributed by atoms with Crippen LogP contribution < -0.4 is 15.0 Å². The largest absolute Gasteiger partial charge is 0.435 e. The number of halogens is 2. The van der Waals surface area contributed by atoms with Crippen LogP contribution in [0.2, 0.25) is 0 Å². The number of carbonyl (C=O) groups excluding carboxylic acids is 1. The Labute approximate surface area is 90.8 Å². The van der Waals surface area contributed by atoms with E-state index < -0.39 is 6.61 Å². The molecule has 0 bridgehead atoms. The van der Waals surface area contributed by atoms with Crippen LogP contribution in [-0.2, 0) is 0 Å². The molecule has 1 N–H and O–H groups in total. The third-order valence-corrected chi connectivity index (χ3v) is 2.21. The molecule has 2 amide bonds. The summed E-state index contributed by atoms with van der Waals surface area (Å²) in [5, 5.41) is 2.63. The van der Waals surface area contributed by atoms with Crippen LogP contribution in [0.3, 0.4) is 0 Å². The van der Waals surface area contributed by atoms with Crippen molar-refractivity contribution in [2.24, 2.45) is 0 Å². The summed E-state index contributed by atoms with van der Waals surface area (Å²) in [6, 6.07) is 5.84. The third-order valence-electron chi connectivity index (χ3n) is 2.21. The van der Waals surface area contributed by atoms with E-state index in [1.54, 1.807) is 12.1 Å². The van der Waals surface area contributed by atoms with Gasteiger partial charge in [0.05, 0.1) is 0 Å². The van der Waals surface area contributed by atoms with Gasteiger partial charge in [0.2, 0.25) is 0 Å². The molecule has 4 nitrogen and oxygen atoms in total. The number of benzene rings is 1. The first-order valence-corrected chi connectivity index (χ1v) is 4.77.